The van der Waals surface area contributed by atoms with Gasteiger partial charge in [-0.2, -0.15) is 0 Å². The molecule has 114 valence electrons. The zero-order valence-corrected chi connectivity index (χ0v) is 12.6. The van der Waals surface area contributed by atoms with Gasteiger partial charge in [0, 0.05) is 12.1 Å². The van der Waals surface area contributed by atoms with Crippen LogP contribution in [0.3, 0.4) is 0 Å². The maximum atomic E-state index is 12.3. The summed E-state index contributed by atoms with van der Waals surface area (Å²) < 4.78 is 0. The molecule has 2 aromatic rings. The fourth-order valence-electron chi connectivity index (χ4n) is 3.17. The van der Waals surface area contributed by atoms with Gasteiger partial charge in [0.05, 0.1) is 6.54 Å². The van der Waals surface area contributed by atoms with Crippen LogP contribution >= 0.6 is 0 Å². The first-order chi connectivity index (χ1) is 10.7. The lowest BCUT2D eigenvalue weighted by molar-refractivity contribution is 0.0906. The van der Waals surface area contributed by atoms with E-state index in [4.69, 9.17) is 0 Å². The van der Waals surface area contributed by atoms with Crippen molar-refractivity contribution in [2.75, 3.05) is 19.6 Å². The fourth-order valence-corrected chi connectivity index (χ4v) is 3.17. The first-order valence-electron chi connectivity index (χ1n) is 7.82. The maximum absolute atomic E-state index is 12.3. The van der Waals surface area contributed by atoms with Crippen molar-refractivity contribution >= 4 is 5.78 Å². The molecule has 1 heterocycles. The molecule has 0 amide bonds. The van der Waals surface area contributed by atoms with Gasteiger partial charge in [0.15, 0.2) is 5.78 Å². The summed E-state index contributed by atoms with van der Waals surface area (Å²) in [5, 5.41) is 9.64. The van der Waals surface area contributed by atoms with Crippen LogP contribution in [0, 0.1) is 0 Å². The molecule has 1 atom stereocenters. The molecule has 1 unspecified atom stereocenters. The van der Waals surface area contributed by atoms with Crippen LogP contribution < -0.4 is 0 Å². The highest BCUT2D eigenvalue weighted by Gasteiger charge is 2.23. The molecule has 0 radical (unpaired) electrons. The minimum atomic E-state index is 0.178. The molecule has 1 saturated heterocycles. The predicted molar refractivity (Wildman–Crippen MR) is 87.3 cm³/mol. The van der Waals surface area contributed by atoms with Gasteiger partial charge in [-0.3, -0.25) is 9.69 Å². The minimum Gasteiger partial charge on any atom is -0.508 e. The van der Waals surface area contributed by atoms with Crippen LogP contribution in [0.25, 0.3) is 0 Å². The summed E-state index contributed by atoms with van der Waals surface area (Å²) in [6.45, 7) is 2.31. The first-order valence-corrected chi connectivity index (χ1v) is 7.82. The van der Waals surface area contributed by atoms with Gasteiger partial charge in [0.1, 0.15) is 5.75 Å². The maximum Gasteiger partial charge on any atom is 0.176 e. The lowest BCUT2D eigenvalue weighted by Crippen LogP contribution is -2.38. The van der Waals surface area contributed by atoms with Crippen LogP contribution in [-0.2, 0) is 0 Å². The molecule has 3 heteroatoms. The van der Waals surface area contributed by atoms with Crippen molar-refractivity contribution < 1.29 is 9.90 Å². The van der Waals surface area contributed by atoms with Crippen LogP contribution in [0.1, 0.15) is 34.7 Å². The van der Waals surface area contributed by atoms with Gasteiger partial charge in [-0.25, -0.2) is 0 Å². The summed E-state index contributed by atoms with van der Waals surface area (Å²) in [4.78, 5) is 14.6. The summed E-state index contributed by atoms with van der Waals surface area (Å²) in [7, 11) is 0. The second-order valence-corrected chi connectivity index (χ2v) is 5.96. The summed E-state index contributed by atoms with van der Waals surface area (Å²) in [5.74, 6) is 0.886. The third-order valence-electron chi connectivity index (χ3n) is 4.31. The number of rotatable bonds is 4. The van der Waals surface area contributed by atoms with E-state index in [-0.39, 0.29) is 5.78 Å². The Morgan fingerprint density at radius 2 is 1.95 bits per heavy atom. The quantitative estimate of drug-likeness (QED) is 0.878. The van der Waals surface area contributed by atoms with E-state index in [2.05, 4.69) is 11.0 Å². The van der Waals surface area contributed by atoms with E-state index in [1.165, 1.54) is 0 Å². The van der Waals surface area contributed by atoms with Gasteiger partial charge in [0.2, 0.25) is 0 Å². The van der Waals surface area contributed by atoms with Gasteiger partial charge in [-0.05, 0) is 43.0 Å². The number of ketones is 1. The monoisotopic (exact) mass is 295 g/mol. The molecule has 0 saturated carbocycles. The van der Waals surface area contributed by atoms with E-state index in [0.29, 0.717) is 18.2 Å². The van der Waals surface area contributed by atoms with Crippen LogP contribution in [0.4, 0.5) is 0 Å². The number of hydrogen-bond donors (Lipinski definition) is 1. The van der Waals surface area contributed by atoms with Crippen molar-refractivity contribution in [2.24, 2.45) is 0 Å². The highest BCUT2D eigenvalue weighted by Crippen LogP contribution is 2.28. The lowest BCUT2D eigenvalue weighted by atomic mass is 9.90. The number of aromatic hydroxyl groups is 1. The SMILES string of the molecule is O=C(CN1CCCC(c2cccc(O)c2)C1)c1ccccc1. The Morgan fingerprint density at radius 1 is 1.14 bits per heavy atom. The molecule has 2 aromatic carbocycles. The third-order valence-corrected chi connectivity index (χ3v) is 4.31. The molecule has 0 aliphatic carbocycles. The fraction of sp³-hybridized carbons (Fsp3) is 0.316. The van der Waals surface area contributed by atoms with Crippen LogP contribution in [0.15, 0.2) is 54.6 Å². The Balaban J connectivity index is 1.65. The first kappa shape index (κ1) is 14.8. The van der Waals surface area contributed by atoms with Crippen LogP contribution in [-0.4, -0.2) is 35.4 Å². The molecule has 1 fully saturated rings. The van der Waals surface area contributed by atoms with Crippen molar-refractivity contribution in [3.8, 4) is 5.75 Å². The molecule has 0 bridgehead atoms. The normalized spacial score (nSPS) is 19.0. The number of Topliss-reactive ketones (excluding diaryl/α,β-unsaturated/α-hetero) is 1. The second kappa shape index (κ2) is 6.75. The van der Waals surface area contributed by atoms with E-state index < -0.39 is 0 Å². The Labute approximate surface area is 131 Å². The Hall–Kier alpha value is -2.13. The highest BCUT2D eigenvalue weighted by atomic mass is 16.3. The van der Waals surface area contributed by atoms with E-state index in [0.717, 1.165) is 37.1 Å². The number of phenolic OH excluding ortho intramolecular Hbond substituents is 1. The van der Waals surface area contributed by atoms with Crippen LogP contribution in [0.5, 0.6) is 5.75 Å². The Kier molecular flexibility index (Phi) is 4.54. The van der Waals surface area contributed by atoms with Crippen molar-refractivity contribution in [2.45, 2.75) is 18.8 Å². The van der Waals surface area contributed by atoms with Gasteiger partial charge >= 0.3 is 0 Å². The number of carbonyl (C=O) groups is 1. The van der Waals surface area contributed by atoms with Gasteiger partial charge in [0.25, 0.3) is 0 Å². The molecule has 0 aromatic heterocycles. The van der Waals surface area contributed by atoms with E-state index in [1.54, 1.807) is 6.07 Å². The number of likely N-dealkylation sites (tertiary alicyclic amines) is 1. The predicted octanol–water partition coefficient (Wildman–Crippen LogP) is 3.45. The number of nitrogens with zero attached hydrogens (tertiary/aromatic N) is 1. The number of phenols is 1. The molecule has 1 N–H and O–H groups in total. The average molecular weight is 295 g/mol. The van der Waals surface area contributed by atoms with Crippen molar-refractivity contribution in [3.63, 3.8) is 0 Å². The molecule has 3 nitrogen and oxygen atoms in total. The highest BCUT2D eigenvalue weighted by molar-refractivity contribution is 5.97. The standard InChI is InChI=1S/C19H21NO2/c21-18-10-4-8-16(12-18)17-9-5-11-20(13-17)14-19(22)15-6-2-1-3-7-15/h1-4,6-8,10,12,17,21H,5,9,11,13-14H2. The van der Waals surface area contributed by atoms with E-state index in [1.807, 2.05) is 42.5 Å². The van der Waals surface area contributed by atoms with E-state index in [9.17, 15) is 9.90 Å². The second-order valence-electron chi connectivity index (χ2n) is 5.96. The van der Waals surface area contributed by atoms with Crippen LogP contribution in [0.2, 0.25) is 0 Å². The molecular weight excluding hydrogens is 274 g/mol. The summed E-state index contributed by atoms with van der Waals surface area (Å²) in [5.41, 5.74) is 1.94. The topological polar surface area (TPSA) is 40.5 Å². The largest absolute Gasteiger partial charge is 0.508 e. The van der Waals surface area contributed by atoms with Crippen molar-refractivity contribution in [1.29, 1.82) is 0 Å². The summed E-state index contributed by atoms with van der Waals surface area (Å²) in [6, 6.07) is 17.0. The van der Waals surface area contributed by atoms with E-state index >= 15 is 0 Å². The number of hydrogen-bond acceptors (Lipinski definition) is 3. The lowest BCUT2D eigenvalue weighted by Gasteiger charge is -2.32. The minimum absolute atomic E-state index is 0.178. The molecule has 3 rings (SSSR count). The van der Waals surface area contributed by atoms with Gasteiger partial charge in [-0.15, -0.1) is 0 Å². The molecule has 0 spiro atoms. The van der Waals surface area contributed by atoms with Crippen molar-refractivity contribution in [3.05, 3.63) is 65.7 Å². The molecular formula is C19H21NO2. The van der Waals surface area contributed by atoms with Gasteiger partial charge in [-0.1, -0.05) is 42.5 Å². The zero-order chi connectivity index (χ0) is 15.4. The molecule has 1 aliphatic rings. The Bertz CT molecular complexity index is 639. The number of piperidine rings is 1. The molecule has 1 aliphatic heterocycles. The van der Waals surface area contributed by atoms with Crippen molar-refractivity contribution in [1.82, 2.24) is 4.90 Å². The summed E-state index contributed by atoms with van der Waals surface area (Å²) >= 11 is 0. The zero-order valence-electron chi connectivity index (χ0n) is 12.6. The third kappa shape index (κ3) is 3.55. The van der Waals surface area contributed by atoms with Gasteiger partial charge < -0.3 is 5.11 Å². The average Bonchev–Trinajstić information content (AvgIpc) is 2.56. The Morgan fingerprint density at radius 3 is 2.73 bits per heavy atom. The summed E-state index contributed by atoms with van der Waals surface area (Å²) in [6.07, 6.45) is 2.20. The smallest absolute Gasteiger partial charge is 0.176 e. The number of carbonyl (C=O) groups excluding carboxylic acids is 1. The molecule has 22 heavy (non-hydrogen) atoms. The number of benzene rings is 2.